The first-order valence-electron chi connectivity index (χ1n) is 6.95. The van der Waals surface area contributed by atoms with Gasteiger partial charge in [0.05, 0.1) is 5.69 Å². The van der Waals surface area contributed by atoms with Crippen LogP contribution in [0.4, 0.5) is 10.8 Å². The van der Waals surface area contributed by atoms with E-state index in [0.29, 0.717) is 5.92 Å². The van der Waals surface area contributed by atoms with Crippen LogP contribution in [-0.2, 0) is 0 Å². The Morgan fingerprint density at radius 1 is 1.10 bits per heavy atom. The number of pyridine rings is 1. The lowest BCUT2D eigenvalue weighted by molar-refractivity contribution is 0.867. The summed E-state index contributed by atoms with van der Waals surface area (Å²) in [5.41, 5.74) is 4.40. The third-order valence-electron chi connectivity index (χ3n) is 3.29. The minimum absolute atomic E-state index is 0.552. The van der Waals surface area contributed by atoms with Crippen molar-refractivity contribution in [1.82, 2.24) is 9.97 Å². The normalized spacial score (nSPS) is 10.8. The van der Waals surface area contributed by atoms with Gasteiger partial charge in [-0.3, -0.25) is 4.98 Å². The van der Waals surface area contributed by atoms with E-state index in [1.807, 2.05) is 23.7 Å². The number of nitrogens with zero attached hydrogens (tertiary/aromatic N) is 2. The van der Waals surface area contributed by atoms with Crippen molar-refractivity contribution in [3.8, 4) is 11.3 Å². The van der Waals surface area contributed by atoms with E-state index < -0.39 is 0 Å². The van der Waals surface area contributed by atoms with Crippen molar-refractivity contribution in [1.29, 1.82) is 0 Å². The van der Waals surface area contributed by atoms with Gasteiger partial charge in [0.25, 0.3) is 0 Å². The van der Waals surface area contributed by atoms with E-state index in [2.05, 4.69) is 53.4 Å². The van der Waals surface area contributed by atoms with E-state index in [-0.39, 0.29) is 0 Å². The van der Waals surface area contributed by atoms with Gasteiger partial charge in [0, 0.05) is 29.0 Å². The maximum Gasteiger partial charge on any atom is 0.187 e. The molecule has 0 fully saturated rings. The fraction of sp³-hybridized carbons (Fsp3) is 0.176. The molecule has 106 valence electrons. The third kappa shape index (κ3) is 3.28. The van der Waals surface area contributed by atoms with Crippen molar-refractivity contribution in [2.24, 2.45) is 0 Å². The number of anilines is 2. The molecule has 2 heterocycles. The van der Waals surface area contributed by atoms with Gasteiger partial charge in [-0.05, 0) is 35.7 Å². The number of hydrogen-bond acceptors (Lipinski definition) is 4. The monoisotopic (exact) mass is 295 g/mol. The van der Waals surface area contributed by atoms with Gasteiger partial charge in [-0.1, -0.05) is 26.0 Å². The predicted octanol–water partition coefficient (Wildman–Crippen LogP) is 5.07. The summed E-state index contributed by atoms with van der Waals surface area (Å²) in [5, 5.41) is 6.29. The Kier molecular flexibility index (Phi) is 3.97. The molecule has 0 aliphatic rings. The number of thiazole rings is 1. The first-order chi connectivity index (χ1) is 10.2. The molecule has 1 N–H and O–H groups in total. The Balaban J connectivity index is 1.75. The summed E-state index contributed by atoms with van der Waals surface area (Å²) < 4.78 is 0. The van der Waals surface area contributed by atoms with Crippen molar-refractivity contribution in [2.45, 2.75) is 19.8 Å². The first-order valence-corrected chi connectivity index (χ1v) is 7.83. The topological polar surface area (TPSA) is 37.8 Å². The van der Waals surface area contributed by atoms with Gasteiger partial charge in [0.2, 0.25) is 0 Å². The van der Waals surface area contributed by atoms with Crippen LogP contribution in [-0.4, -0.2) is 9.97 Å². The van der Waals surface area contributed by atoms with Crippen LogP contribution in [0, 0.1) is 0 Å². The van der Waals surface area contributed by atoms with Crippen LogP contribution < -0.4 is 5.32 Å². The number of aromatic nitrogens is 2. The summed E-state index contributed by atoms with van der Waals surface area (Å²) in [6.07, 6.45) is 3.60. The van der Waals surface area contributed by atoms with Crippen LogP contribution in [0.2, 0.25) is 0 Å². The van der Waals surface area contributed by atoms with Crippen molar-refractivity contribution in [2.75, 3.05) is 5.32 Å². The maximum absolute atomic E-state index is 4.60. The maximum atomic E-state index is 4.60. The van der Waals surface area contributed by atoms with E-state index in [9.17, 15) is 0 Å². The average Bonchev–Trinajstić information content (AvgIpc) is 2.97. The Labute approximate surface area is 128 Å². The lowest BCUT2D eigenvalue weighted by atomic mass is 10.0. The molecule has 0 aliphatic carbocycles. The number of rotatable bonds is 4. The van der Waals surface area contributed by atoms with E-state index in [1.54, 1.807) is 17.5 Å². The van der Waals surface area contributed by atoms with E-state index in [0.717, 1.165) is 22.1 Å². The van der Waals surface area contributed by atoms with Crippen LogP contribution in [0.5, 0.6) is 0 Å². The van der Waals surface area contributed by atoms with Crippen LogP contribution in [0.1, 0.15) is 25.3 Å². The standard InChI is InChI=1S/C17H17N3S/c1-12(2)13-5-7-15(8-6-13)19-17-20-16(11-21-17)14-4-3-9-18-10-14/h3-12H,1-2H3,(H,19,20). The molecule has 0 atom stereocenters. The number of nitrogens with one attached hydrogen (secondary N) is 1. The van der Waals surface area contributed by atoms with Gasteiger partial charge in [-0.25, -0.2) is 4.98 Å². The first kappa shape index (κ1) is 13.8. The van der Waals surface area contributed by atoms with Gasteiger partial charge in [0.15, 0.2) is 5.13 Å². The highest BCUT2D eigenvalue weighted by Gasteiger charge is 2.05. The minimum Gasteiger partial charge on any atom is -0.332 e. The highest BCUT2D eigenvalue weighted by Crippen LogP contribution is 2.27. The molecule has 0 aliphatic heterocycles. The molecule has 0 bridgehead atoms. The molecule has 0 saturated carbocycles. The summed E-state index contributed by atoms with van der Waals surface area (Å²) in [6, 6.07) is 12.4. The molecule has 0 unspecified atom stereocenters. The second-order valence-corrected chi connectivity index (χ2v) is 6.04. The molecule has 3 nitrogen and oxygen atoms in total. The number of benzene rings is 1. The number of hydrogen-bond donors (Lipinski definition) is 1. The molecule has 1 aromatic carbocycles. The summed E-state index contributed by atoms with van der Waals surface area (Å²) in [6.45, 7) is 4.40. The largest absolute Gasteiger partial charge is 0.332 e. The van der Waals surface area contributed by atoms with Crippen molar-refractivity contribution in [3.63, 3.8) is 0 Å². The zero-order chi connectivity index (χ0) is 14.7. The molecule has 3 aromatic rings. The summed E-state index contributed by atoms with van der Waals surface area (Å²) in [5.74, 6) is 0.552. The third-order valence-corrected chi connectivity index (χ3v) is 4.05. The van der Waals surface area contributed by atoms with Crippen LogP contribution in [0.15, 0.2) is 54.2 Å². The summed E-state index contributed by atoms with van der Waals surface area (Å²) >= 11 is 1.60. The van der Waals surface area contributed by atoms with Crippen molar-refractivity contribution < 1.29 is 0 Å². The fourth-order valence-corrected chi connectivity index (χ4v) is 2.79. The molecule has 0 spiro atoms. The Morgan fingerprint density at radius 3 is 2.57 bits per heavy atom. The van der Waals surface area contributed by atoms with Gasteiger partial charge in [-0.2, -0.15) is 0 Å². The van der Waals surface area contributed by atoms with Gasteiger partial charge in [-0.15, -0.1) is 11.3 Å². The molecule has 0 amide bonds. The van der Waals surface area contributed by atoms with Crippen LogP contribution in [0.3, 0.4) is 0 Å². The molecular formula is C17H17N3S. The molecule has 0 radical (unpaired) electrons. The SMILES string of the molecule is CC(C)c1ccc(Nc2nc(-c3cccnc3)cs2)cc1. The highest BCUT2D eigenvalue weighted by atomic mass is 32.1. The van der Waals surface area contributed by atoms with E-state index >= 15 is 0 Å². The Hall–Kier alpha value is -2.20. The molecule has 0 saturated heterocycles. The zero-order valence-corrected chi connectivity index (χ0v) is 12.9. The smallest absolute Gasteiger partial charge is 0.187 e. The lowest BCUT2D eigenvalue weighted by Crippen LogP contribution is -1.91. The second-order valence-electron chi connectivity index (χ2n) is 5.18. The lowest BCUT2D eigenvalue weighted by Gasteiger charge is -2.07. The minimum atomic E-state index is 0.552. The molecule has 2 aromatic heterocycles. The van der Waals surface area contributed by atoms with Crippen LogP contribution >= 0.6 is 11.3 Å². The van der Waals surface area contributed by atoms with Gasteiger partial charge < -0.3 is 5.32 Å². The van der Waals surface area contributed by atoms with E-state index in [4.69, 9.17) is 0 Å². The van der Waals surface area contributed by atoms with Crippen molar-refractivity contribution >= 4 is 22.2 Å². The summed E-state index contributed by atoms with van der Waals surface area (Å²) in [4.78, 5) is 8.73. The molecule has 4 heteroatoms. The average molecular weight is 295 g/mol. The van der Waals surface area contributed by atoms with Gasteiger partial charge >= 0.3 is 0 Å². The predicted molar refractivity (Wildman–Crippen MR) is 89.2 cm³/mol. The Bertz CT molecular complexity index is 702. The zero-order valence-electron chi connectivity index (χ0n) is 12.1. The molecule has 3 rings (SSSR count). The fourth-order valence-electron chi connectivity index (χ4n) is 2.05. The van der Waals surface area contributed by atoms with E-state index in [1.165, 1.54) is 5.56 Å². The Morgan fingerprint density at radius 2 is 1.90 bits per heavy atom. The van der Waals surface area contributed by atoms with Gasteiger partial charge in [0.1, 0.15) is 0 Å². The highest BCUT2D eigenvalue weighted by molar-refractivity contribution is 7.14. The molecule has 21 heavy (non-hydrogen) atoms. The quantitative estimate of drug-likeness (QED) is 0.730. The molecular weight excluding hydrogens is 278 g/mol. The van der Waals surface area contributed by atoms with Crippen molar-refractivity contribution in [3.05, 3.63) is 59.7 Å². The second kappa shape index (κ2) is 6.06. The summed E-state index contributed by atoms with van der Waals surface area (Å²) in [7, 11) is 0. The van der Waals surface area contributed by atoms with Crippen LogP contribution in [0.25, 0.3) is 11.3 Å².